The smallest absolute Gasteiger partial charge is 0.0297 e. The summed E-state index contributed by atoms with van der Waals surface area (Å²) in [7, 11) is 2.07. The molecule has 1 fully saturated rings. The molecule has 1 rings (SSSR count). The Bertz CT molecular complexity index is 42.5. The maximum absolute atomic E-state index is 5.43. The third kappa shape index (κ3) is 2.28. The van der Waals surface area contributed by atoms with Crippen LogP contribution in [-0.4, -0.2) is 31.1 Å². The van der Waals surface area contributed by atoms with Crippen LogP contribution in [0.4, 0.5) is 0 Å². The summed E-state index contributed by atoms with van der Waals surface area (Å²) >= 11 is 0. The monoisotopic (exact) mass is 116 g/mol. The molecule has 0 saturated carbocycles. The Morgan fingerprint density at radius 1 is 1.38 bits per heavy atom. The van der Waals surface area contributed by atoms with Crippen molar-refractivity contribution in [3.05, 3.63) is 0 Å². The average molecular weight is 116 g/mol. The molecule has 2 heteroatoms. The van der Waals surface area contributed by atoms with Gasteiger partial charge in [-0.15, -0.1) is 0 Å². The molecule has 2 nitrogen and oxygen atoms in total. The second-order valence-electron chi connectivity index (χ2n) is 1.98. The molecule has 50 valence electrons. The summed E-state index contributed by atoms with van der Waals surface area (Å²) in [6.07, 6.45) is 0. The molecular formula is C6H16N2. The SMILES string of the molecule is CC.CN1CC(N)C1. The highest BCUT2D eigenvalue weighted by Gasteiger charge is 2.17. The van der Waals surface area contributed by atoms with Crippen LogP contribution in [0.15, 0.2) is 0 Å². The topological polar surface area (TPSA) is 29.3 Å². The summed E-state index contributed by atoms with van der Waals surface area (Å²) in [4.78, 5) is 2.20. The molecule has 1 aliphatic heterocycles. The van der Waals surface area contributed by atoms with Crippen LogP contribution < -0.4 is 5.73 Å². The van der Waals surface area contributed by atoms with E-state index in [1.54, 1.807) is 0 Å². The van der Waals surface area contributed by atoms with Crippen LogP contribution in [0.25, 0.3) is 0 Å². The highest BCUT2D eigenvalue weighted by Crippen LogP contribution is 1.98. The van der Waals surface area contributed by atoms with Crippen LogP contribution >= 0.6 is 0 Å². The minimum Gasteiger partial charge on any atom is -0.325 e. The molecule has 1 heterocycles. The van der Waals surface area contributed by atoms with Crippen LogP contribution in [-0.2, 0) is 0 Å². The second-order valence-corrected chi connectivity index (χ2v) is 1.98. The lowest BCUT2D eigenvalue weighted by Gasteiger charge is -2.32. The average Bonchev–Trinajstić information content (AvgIpc) is 1.70. The first-order chi connectivity index (χ1) is 3.79. The maximum atomic E-state index is 5.43. The van der Waals surface area contributed by atoms with E-state index >= 15 is 0 Å². The van der Waals surface area contributed by atoms with Crippen molar-refractivity contribution in [3.8, 4) is 0 Å². The van der Waals surface area contributed by atoms with Crippen molar-refractivity contribution in [2.45, 2.75) is 19.9 Å². The van der Waals surface area contributed by atoms with Gasteiger partial charge in [-0.05, 0) is 7.05 Å². The Morgan fingerprint density at radius 2 is 1.75 bits per heavy atom. The second kappa shape index (κ2) is 3.87. The van der Waals surface area contributed by atoms with Gasteiger partial charge >= 0.3 is 0 Å². The molecule has 0 aromatic carbocycles. The zero-order chi connectivity index (χ0) is 6.57. The molecule has 0 aliphatic carbocycles. The van der Waals surface area contributed by atoms with Gasteiger partial charge in [0.15, 0.2) is 0 Å². The number of hydrogen-bond donors (Lipinski definition) is 1. The van der Waals surface area contributed by atoms with Crippen molar-refractivity contribution >= 4 is 0 Å². The maximum Gasteiger partial charge on any atom is 0.0297 e. The Kier molecular flexibility index (Phi) is 3.83. The first-order valence-electron chi connectivity index (χ1n) is 3.23. The van der Waals surface area contributed by atoms with Gasteiger partial charge in [0.25, 0.3) is 0 Å². The normalized spacial score (nSPS) is 21.0. The van der Waals surface area contributed by atoms with Gasteiger partial charge in [-0.25, -0.2) is 0 Å². The number of rotatable bonds is 0. The van der Waals surface area contributed by atoms with Gasteiger partial charge in [-0.3, -0.25) is 0 Å². The summed E-state index contributed by atoms with van der Waals surface area (Å²) in [5.41, 5.74) is 5.43. The van der Waals surface area contributed by atoms with E-state index in [1.165, 1.54) is 0 Å². The van der Waals surface area contributed by atoms with Gasteiger partial charge in [0.1, 0.15) is 0 Å². The molecular weight excluding hydrogens is 100 g/mol. The molecule has 8 heavy (non-hydrogen) atoms. The summed E-state index contributed by atoms with van der Waals surface area (Å²) in [6, 6.07) is 0.468. The molecule has 1 saturated heterocycles. The molecule has 0 bridgehead atoms. The summed E-state index contributed by atoms with van der Waals surface area (Å²) < 4.78 is 0. The number of likely N-dealkylation sites (N-methyl/N-ethyl adjacent to an activating group) is 1. The van der Waals surface area contributed by atoms with Crippen LogP contribution in [0, 0.1) is 0 Å². The highest BCUT2D eigenvalue weighted by atomic mass is 15.2. The van der Waals surface area contributed by atoms with Crippen LogP contribution in [0.5, 0.6) is 0 Å². The first-order valence-corrected chi connectivity index (χ1v) is 3.23. The number of likely N-dealkylation sites (tertiary alicyclic amines) is 1. The van der Waals surface area contributed by atoms with Crippen LogP contribution in [0.3, 0.4) is 0 Å². The van der Waals surface area contributed by atoms with E-state index in [0.29, 0.717) is 6.04 Å². The van der Waals surface area contributed by atoms with Crippen molar-refractivity contribution in [1.29, 1.82) is 0 Å². The molecule has 0 amide bonds. The van der Waals surface area contributed by atoms with Crippen molar-refractivity contribution in [3.63, 3.8) is 0 Å². The predicted octanol–water partition coefficient (Wildman–Crippen LogP) is 0.285. The Balaban J connectivity index is 0.000000222. The number of nitrogens with zero attached hydrogens (tertiary/aromatic N) is 1. The van der Waals surface area contributed by atoms with Crippen molar-refractivity contribution < 1.29 is 0 Å². The molecule has 0 aromatic heterocycles. The van der Waals surface area contributed by atoms with E-state index in [4.69, 9.17) is 5.73 Å². The zero-order valence-electron chi connectivity index (χ0n) is 6.02. The fraction of sp³-hybridized carbons (Fsp3) is 1.00. The lowest BCUT2D eigenvalue weighted by molar-refractivity contribution is 0.192. The van der Waals surface area contributed by atoms with E-state index in [-0.39, 0.29) is 0 Å². The van der Waals surface area contributed by atoms with Gasteiger partial charge in [0.05, 0.1) is 0 Å². The molecule has 2 N–H and O–H groups in total. The minimum atomic E-state index is 0.468. The molecule has 0 spiro atoms. The van der Waals surface area contributed by atoms with Crippen molar-refractivity contribution in [2.75, 3.05) is 20.1 Å². The third-order valence-electron chi connectivity index (χ3n) is 1.09. The molecule has 0 atom stereocenters. The Hall–Kier alpha value is -0.0800. The van der Waals surface area contributed by atoms with Gasteiger partial charge < -0.3 is 10.6 Å². The van der Waals surface area contributed by atoms with Crippen molar-refractivity contribution in [1.82, 2.24) is 4.90 Å². The zero-order valence-corrected chi connectivity index (χ0v) is 6.02. The molecule has 1 aliphatic rings. The summed E-state index contributed by atoms with van der Waals surface area (Å²) in [5, 5.41) is 0. The van der Waals surface area contributed by atoms with Gasteiger partial charge in [-0.1, -0.05) is 13.8 Å². The fourth-order valence-electron chi connectivity index (χ4n) is 0.747. The lowest BCUT2D eigenvalue weighted by Crippen LogP contribution is -2.53. The molecule has 0 unspecified atom stereocenters. The largest absolute Gasteiger partial charge is 0.325 e. The minimum absolute atomic E-state index is 0.468. The van der Waals surface area contributed by atoms with Gasteiger partial charge in [0, 0.05) is 19.1 Å². The highest BCUT2D eigenvalue weighted by molar-refractivity contribution is 4.78. The van der Waals surface area contributed by atoms with Crippen LogP contribution in [0.1, 0.15) is 13.8 Å². The van der Waals surface area contributed by atoms with E-state index < -0.39 is 0 Å². The molecule has 0 radical (unpaired) electrons. The van der Waals surface area contributed by atoms with Crippen molar-refractivity contribution in [2.24, 2.45) is 5.73 Å². The Morgan fingerprint density at radius 3 is 1.75 bits per heavy atom. The quantitative estimate of drug-likeness (QED) is 0.493. The number of hydrogen-bond acceptors (Lipinski definition) is 2. The Labute approximate surface area is 51.7 Å². The van der Waals surface area contributed by atoms with Gasteiger partial charge in [0.2, 0.25) is 0 Å². The van der Waals surface area contributed by atoms with E-state index in [9.17, 15) is 0 Å². The molecule has 0 aromatic rings. The first kappa shape index (κ1) is 7.92. The summed E-state index contributed by atoms with van der Waals surface area (Å²) in [6.45, 7) is 6.17. The van der Waals surface area contributed by atoms with Crippen LogP contribution in [0.2, 0.25) is 0 Å². The standard InChI is InChI=1S/C4H10N2.C2H6/c1-6-2-4(5)3-6;1-2/h4H,2-3,5H2,1H3;1-2H3. The predicted molar refractivity (Wildman–Crippen MR) is 36.8 cm³/mol. The van der Waals surface area contributed by atoms with Gasteiger partial charge in [-0.2, -0.15) is 0 Å². The van der Waals surface area contributed by atoms with E-state index in [1.807, 2.05) is 13.8 Å². The van der Waals surface area contributed by atoms with E-state index in [0.717, 1.165) is 13.1 Å². The lowest BCUT2D eigenvalue weighted by atomic mass is 10.2. The third-order valence-corrected chi connectivity index (χ3v) is 1.09. The summed E-state index contributed by atoms with van der Waals surface area (Å²) in [5.74, 6) is 0. The number of nitrogens with two attached hydrogens (primary N) is 1. The fourth-order valence-corrected chi connectivity index (χ4v) is 0.747. The van der Waals surface area contributed by atoms with E-state index in [2.05, 4.69) is 11.9 Å².